The molecule has 0 radical (unpaired) electrons. The molecular weight excluding hydrogens is 780 g/mol. The first kappa shape index (κ1) is 26.5. The predicted octanol–water partition coefficient (Wildman–Crippen LogP) is 12.6. The number of para-hydroxylation sites is 4. The molecule has 0 amide bonds. The molecule has 2 aromatic heterocycles. The van der Waals surface area contributed by atoms with E-state index in [1.165, 1.54) is 32.7 Å². The Morgan fingerprint density at radius 2 is 0.738 bits per heavy atom. The third-order valence-electron chi connectivity index (χ3n) is 8.00. The van der Waals surface area contributed by atoms with Crippen LogP contribution in [0.4, 0.5) is 0 Å². The van der Waals surface area contributed by atoms with Crippen LogP contribution in [0.25, 0.3) is 66.1 Å². The van der Waals surface area contributed by atoms with Crippen molar-refractivity contribution in [2.24, 2.45) is 0 Å². The van der Waals surface area contributed by atoms with Crippen molar-refractivity contribution in [2.45, 2.75) is 0 Å². The van der Waals surface area contributed by atoms with E-state index in [1.54, 1.807) is 0 Å². The fraction of sp³-hybridized carbons (Fsp3) is 0. The molecule has 0 aliphatic rings. The Morgan fingerprint density at radius 3 is 1.17 bits per heavy atom. The molecule has 8 aromatic rings. The third kappa shape index (κ3) is 3.85. The molecule has 6 heteroatoms. The lowest BCUT2D eigenvalue weighted by atomic mass is 9.95. The van der Waals surface area contributed by atoms with Gasteiger partial charge in [-0.1, -0.05) is 72.8 Å². The summed E-state index contributed by atoms with van der Waals surface area (Å²) in [5, 5.41) is 4.87. The Kier molecular flexibility index (Phi) is 6.45. The van der Waals surface area contributed by atoms with Crippen molar-refractivity contribution in [3.8, 4) is 22.5 Å². The Labute approximate surface area is 276 Å². The maximum absolute atomic E-state index is 3.90. The minimum Gasteiger partial charge on any atom is -0.307 e. The number of aromatic nitrogens is 2. The first-order valence-corrected chi connectivity index (χ1v) is 16.7. The summed E-state index contributed by atoms with van der Waals surface area (Å²) in [6, 6.07) is 43.1. The number of benzene rings is 6. The quantitative estimate of drug-likeness (QED) is 0.168. The number of rotatable bonds is 3. The number of halogens is 4. The lowest BCUT2D eigenvalue weighted by molar-refractivity contribution is 1.16. The Bertz CT molecular complexity index is 2200. The second-order valence-electron chi connectivity index (χ2n) is 10.2. The minimum absolute atomic E-state index is 1.05. The molecule has 2 nitrogen and oxygen atoms in total. The monoisotopic (exact) mass is 796 g/mol. The van der Waals surface area contributed by atoms with E-state index in [9.17, 15) is 0 Å². The topological polar surface area (TPSA) is 9.86 Å². The molecule has 42 heavy (non-hydrogen) atoms. The maximum Gasteiger partial charge on any atom is 0.0683 e. The van der Waals surface area contributed by atoms with E-state index in [2.05, 4.69) is 194 Å². The van der Waals surface area contributed by atoms with Crippen molar-refractivity contribution in [3.63, 3.8) is 0 Å². The van der Waals surface area contributed by atoms with Crippen LogP contribution in [0.2, 0.25) is 0 Å². The molecule has 0 bridgehead atoms. The fourth-order valence-electron chi connectivity index (χ4n) is 6.36. The fourth-order valence-corrected chi connectivity index (χ4v) is 8.38. The summed E-state index contributed by atoms with van der Waals surface area (Å²) in [4.78, 5) is 0. The highest BCUT2D eigenvalue weighted by molar-refractivity contribution is 9.11. The maximum atomic E-state index is 3.90. The summed E-state index contributed by atoms with van der Waals surface area (Å²) in [5.41, 5.74) is 9.25. The van der Waals surface area contributed by atoms with Crippen LogP contribution in [0.1, 0.15) is 0 Å². The number of fused-ring (bicyclic) bond motifs is 6. The second-order valence-corrected chi connectivity index (χ2v) is 13.7. The van der Waals surface area contributed by atoms with Crippen LogP contribution >= 0.6 is 63.7 Å². The first-order valence-electron chi connectivity index (χ1n) is 13.5. The van der Waals surface area contributed by atoms with Gasteiger partial charge in [-0.15, -0.1) is 0 Å². The summed E-state index contributed by atoms with van der Waals surface area (Å²) in [5.74, 6) is 0. The van der Waals surface area contributed by atoms with E-state index in [1.807, 2.05) is 0 Å². The highest BCUT2D eigenvalue weighted by Crippen LogP contribution is 2.46. The van der Waals surface area contributed by atoms with Crippen LogP contribution < -0.4 is 0 Å². The van der Waals surface area contributed by atoms with Gasteiger partial charge in [-0.05, 0) is 123 Å². The molecular formula is C36H20Br4N2. The van der Waals surface area contributed by atoms with Gasteiger partial charge in [-0.3, -0.25) is 0 Å². The minimum atomic E-state index is 1.05. The normalized spacial score (nSPS) is 11.8. The zero-order valence-electron chi connectivity index (χ0n) is 22.0. The smallest absolute Gasteiger partial charge is 0.0683 e. The van der Waals surface area contributed by atoms with Crippen LogP contribution in [-0.4, -0.2) is 9.13 Å². The predicted molar refractivity (Wildman–Crippen MR) is 191 cm³/mol. The lowest BCUT2D eigenvalue weighted by Gasteiger charge is -2.12. The molecule has 0 unspecified atom stereocenters. The van der Waals surface area contributed by atoms with Gasteiger partial charge in [0.25, 0.3) is 0 Å². The van der Waals surface area contributed by atoms with Crippen LogP contribution in [0.15, 0.2) is 139 Å². The van der Waals surface area contributed by atoms with E-state index < -0.39 is 0 Å². The van der Waals surface area contributed by atoms with Gasteiger partial charge in [0.15, 0.2) is 0 Å². The summed E-state index contributed by atoms with van der Waals surface area (Å²) in [7, 11) is 0. The zero-order valence-corrected chi connectivity index (χ0v) is 28.3. The van der Waals surface area contributed by atoms with Crippen LogP contribution in [0, 0.1) is 0 Å². The summed E-state index contributed by atoms with van der Waals surface area (Å²) >= 11 is 15.4. The molecule has 0 saturated heterocycles. The number of hydrogen-bond acceptors (Lipinski definition) is 0. The SMILES string of the molecule is Brc1ccccc1-n1c2cccc(-c3cccc4c3c3cccc(Br)c3n4-c3ccccc3Br)c2c2cccc(Br)c21. The van der Waals surface area contributed by atoms with Gasteiger partial charge in [0, 0.05) is 39.4 Å². The zero-order chi connectivity index (χ0) is 28.5. The highest BCUT2D eigenvalue weighted by Gasteiger charge is 2.23. The molecule has 0 spiro atoms. The van der Waals surface area contributed by atoms with E-state index in [0.29, 0.717) is 0 Å². The summed E-state index contributed by atoms with van der Waals surface area (Å²) in [6.45, 7) is 0. The Morgan fingerprint density at radius 1 is 0.357 bits per heavy atom. The van der Waals surface area contributed by atoms with Crippen molar-refractivity contribution in [3.05, 3.63) is 139 Å². The van der Waals surface area contributed by atoms with Gasteiger partial charge >= 0.3 is 0 Å². The van der Waals surface area contributed by atoms with Crippen molar-refractivity contribution >= 4 is 107 Å². The van der Waals surface area contributed by atoms with Gasteiger partial charge in [-0.25, -0.2) is 0 Å². The van der Waals surface area contributed by atoms with Crippen molar-refractivity contribution in [1.29, 1.82) is 0 Å². The molecule has 0 fully saturated rings. The average molecular weight is 800 g/mol. The summed E-state index contributed by atoms with van der Waals surface area (Å²) < 4.78 is 8.95. The van der Waals surface area contributed by atoms with Gasteiger partial charge in [0.05, 0.1) is 33.4 Å². The standard InChI is InChI=1S/C36H20Br4N2/c37-25-13-1-3-17-29(25)41-31-19-7-9-21(33(31)23-11-5-15-27(39)35(23)41)22-10-8-20-32-34(22)24-12-6-16-28(40)36(24)42(32)30-18-4-2-14-26(30)38/h1-20H. The molecule has 6 aromatic carbocycles. The van der Waals surface area contributed by atoms with E-state index in [4.69, 9.17) is 0 Å². The molecule has 0 N–H and O–H groups in total. The van der Waals surface area contributed by atoms with E-state index in [-0.39, 0.29) is 0 Å². The van der Waals surface area contributed by atoms with Gasteiger partial charge in [0.1, 0.15) is 0 Å². The van der Waals surface area contributed by atoms with Gasteiger partial charge in [-0.2, -0.15) is 0 Å². The number of nitrogens with zero attached hydrogens (tertiary/aromatic N) is 2. The third-order valence-corrected chi connectivity index (χ3v) is 10.6. The van der Waals surface area contributed by atoms with Crippen molar-refractivity contribution < 1.29 is 0 Å². The Hall–Kier alpha value is -3.16. The largest absolute Gasteiger partial charge is 0.307 e. The van der Waals surface area contributed by atoms with Crippen LogP contribution in [0.3, 0.4) is 0 Å². The number of hydrogen-bond donors (Lipinski definition) is 0. The summed E-state index contributed by atoms with van der Waals surface area (Å²) in [6.07, 6.45) is 0. The molecule has 202 valence electrons. The Balaban J connectivity index is 1.55. The molecule has 0 saturated carbocycles. The van der Waals surface area contributed by atoms with Crippen LogP contribution in [0.5, 0.6) is 0 Å². The van der Waals surface area contributed by atoms with Crippen molar-refractivity contribution in [2.75, 3.05) is 0 Å². The van der Waals surface area contributed by atoms with E-state index >= 15 is 0 Å². The molecule has 0 atom stereocenters. The van der Waals surface area contributed by atoms with Crippen LogP contribution in [-0.2, 0) is 0 Å². The average Bonchev–Trinajstić information content (AvgIpc) is 3.53. The first-order chi connectivity index (χ1) is 20.5. The molecule has 0 aliphatic heterocycles. The van der Waals surface area contributed by atoms with Gasteiger partial charge < -0.3 is 9.13 Å². The molecule has 2 heterocycles. The van der Waals surface area contributed by atoms with Gasteiger partial charge in [0.2, 0.25) is 0 Å². The highest BCUT2D eigenvalue weighted by atomic mass is 79.9. The lowest BCUT2D eigenvalue weighted by Crippen LogP contribution is -1.96. The van der Waals surface area contributed by atoms with E-state index in [0.717, 1.165) is 51.3 Å². The second kappa shape index (κ2) is 10.2. The molecule has 8 rings (SSSR count). The molecule has 0 aliphatic carbocycles. The van der Waals surface area contributed by atoms with Crippen molar-refractivity contribution in [1.82, 2.24) is 9.13 Å².